The van der Waals surface area contributed by atoms with Crippen LogP contribution in [0.3, 0.4) is 0 Å². The second-order valence-electron chi connectivity index (χ2n) is 6.59. The number of amides is 1. The van der Waals surface area contributed by atoms with Gasteiger partial charge in [-0.2, -0.15) is 0 Å². The molecule has 3 rings (SSSR count). The number of hydrogen-bond donors (Lipinski definition) is 2. The second-order valence-corrected chi connectivity index (χ2v) is 7.00. The summed E-state index contributed by atoms with van der Waals surface area (Å²) in [5.41, 5.74) is 2.12. The van der Waals surface area contributed by atoms with Crippen molar-refractivity contribution in [3.05, 3.63) is 65.2 Å². The molecule has 0 saturated carbocycles. The number of rotatable bonds is 5. The molecule has 2 aromatic rings. The topological polar surface area (TPSA) is 33.5 Å². The van der Waals surface area contributed by atoms with Crippen LogP contribution in [-0.4, -0.2) is 25.5 Å². The van der Waals surface area contributed by atoms with Gasteiger partial charge in [0, 0.05) is 0 Å². The number of benzene rings is 2. The summed E-state index contributed by atoms with van der Waals surface area (Å²) in [6.07, 6.45) is 3.52. The predicted octanol–water partition coefficient (Wildman–Crippen LogP) is 2.82. The van der Waals surface area contributed by atoms with Crippen molar-refractivity contribution in [1.29, 1.82) is 0 Å². The number of carbonyl (C=O) groups is 1. The molecule has 1 saturated heterocycles. The number of piperidine rings is 1. The van der Waals surface area contributed by atoms with Crippen LogP contribution >= 0.6 is 11.6 Å². The Bertz CT molecular complexity index is 666. The van der Waals surface area contributed by atoms with Gasteiger partial charge in [0.2, 0.25) is 0 Å². The van der Waals surface area contributed by atoms with Crippen molar-refractivity contribution in [1.82, 2.24) is 0 Å². The summed E-state index contributed by atoms with van der Waals surface area (Å²) in [4.78, 5) is 13.6. The lowest BCUT2D eigenvalue weighted by Crippen LogP contribution is -3.14. The maximum atomic E-state index is 12.2. The highest BCUT2D eigenvalue weighted by molar-refractivity contribution is 6.33. The van der Waals surface area contributed by atoms with Crippen molar-refractivity contribution >= 4 is 23.2 Å². The van der Waals surface area contributed by atoms with Crippen LogP contribution in [0.4, 0.5) is 5.69 Å². The van der Waals surface area contributed by atoms with E-state index < -0.39 is 0 Å². The Kier molecular flexibility index (Phi) is 5.89. The molecule has 0 spiro atoms. The number of nitrogens with one attached hydrogen (secondary N) is 2. The number of quaternary nitrogens is 1. The van der Waals surface area contributed by atoms with E-state index in [0.717, 1.165) is 25.4 Å². The Labute approximate surface area is 148 Å². The van der Waals surface area contributed by atoms with E-state index in [2.05, 4.69) is 35.6 Å². The van der Waals surface area contributed by atoms with E-state index in [0.29, 0.717) is 17.3 Å². The highest BCUT2D eigenvalue weighted by atomic mass is 35.5. The molecule has 2 N–H and O–H groups in total. The van der Waals surface area contributed by atoms with E-state index in [4.69, 9.17) is 11.6 Å². The van der Waals surface area contributed by atoms with Crippen molar-refractivity contribution < 1.29 is 9.69 Å². The van der Waals surface area contributed by atoms with Crippen molar-refractivity contribution in [3.8, 4) is 0 Å². The molecule has 0 unspecified atom stereocenters. The summed E-state index contributed by atoms with van der Waals surface area (Å²) in [7, 11) is 0. The zero-order chi connectivity index (χ0) is 16.8. The molecule has 1 fully saturated rings. The van der Waals surface area contributed by atoms with Gasteiger partial charge in [-0.1, -0.05) is 54.1 Å². The van der Waals surface area contributed by atoms with E-state index in [1.807, 2.05) is 18.2 Å². The quantitative estimate of drug-likeness (QED) is 0.860. The van der Waals surface area contributed by atoms with Crippen LogP contribution in [0.15, 0.2) is 54.6 Å². The van der Waals surface area contributed by atoms with E-state index in [-0.39, 0.29) is 5.91 Å². The fourth-order valence-corrected chi connectivity index (χ4v) is 3.58. The highest BCUT2D eigenvalue weighted by Crippen LogP contribution is 2.20. The molecule has 1 amide bonds. The van der Waals surface area contributed by atoms with Crippen molar-refractivity contribution in [2.45, 2.75) is 19.3 Å². The number of likely N-dealkylation sites (tertiary alicyclic amines) is 1. The molecule has 0 aliphatic carbocycles. The van der Waals surface area contributed by atoms with Crippen LogP contribution in [-0.2, 0) is 11.2 Å². The number of para-hydroxylation sites is 1. The molecule has 1 aliphatic rings. The average Bonchev–Trinajstić information content (AvgIpc) is 2.60. The summed E-state index contributed by atoms with van der Waals surface area (Å²) in [6.45, 7) is 2.64. The number of anilines is 1. The van der Waals surface area contributed by atoms with Crippen LogP contribution in [0.1, 0.15) is 18.4 Å². The molecule has 0 bridgehead atoms. The van der Waals surface area contributed by atoms with Crippen LogP contribution < -0.4 is 10.2 Å². The Balaban J connectivity index is 1.43. The fraction of sp³-hybridized carbons (Fsp3) is 0.350. The summed E-state index contributed by atoms with van der Waals surface area (Å²) in [5.74, 6) is 0.780. The van der Waals surface area contributed by atoms with Gasteiger partial charge in [-0.05, 0) is 42.9 Å². The average molecular weight is 344 g/mol. The molecule has 1 heterocycles. The zero-order valence-electron chi connectivity index (χ0n) is 13.8. The largest absolute Gasteiger partial charge is 0.327 e. The molecule has 1 aliphatic heterocycles. The highest BCUT2D eigenvalue weighted by Gasteiger charge is 2.24. The number of halogens is 1. The summed E-state index contributed by atoms with van der Waals surface area (Å²) in [6, 6.07) is 18.1. The molecule has 126 valence electrons. The maximum Gasteiger partial charge on any atom is 0.279 e. The van der Waals surface area contributed by atoms with Gasteiger partial charge < -0.3 is 10.2 Å². The lowest BCUT2D eigenvalue weighted by Gasteiger charge is -2.29. The first kappa shape index (κ1) is 17.0. The van der Waals surface area contributed by atoms with Crippen LogP contribution in [0, 0.1) is 5.92 Å². The fourth-order valence-electron chi connectivity index (χ4n) is 3.40. The van der Waals surface area contributed by atoms with E-state index >= 15 is 0 Å². The van der Waals surface area contributed by atoms with E-state index in [1.165, 1.54) is 23.3 Å². The predicted molar refractivity (Wildman–Crippen MR) is 98.5 cm³/mol. The standard InChI is InChI=1S/C20H23ClN2O/c21-18-8-4-5-9-19(18)22-20(24)15-23-12-10-17(11-13-23)14-16-6-2-1-3-7-16/h1-9,17H,10-15H2,(H,22,24)/p+1. The normalized spacial score (nSPS) is 20.5. The van der Waals surface area contributed by atoms with Crippen molar-refractivity contribution in [2.24, 2.45) is 5.92 Å². The van der Waals surface area contributed by atoms with Gasteiger partial charge in [0.15, 0.2) is 6.54 Å². The molecule has 0 atom stereocenters. The Morgan fingerprint density at radius 3 is 2.42 bits per heavy atom. The third-order valence-electron chi connectivity index (χ3n) is 4.74. The van der Waals surface area contributed by atoms with E-state index in [9.17, 15) is 4.79 Å². The molecule has 4 heteroatoms. The van der Waals surface area contributed by atoms with Crippen molar-refractivity contribution in [2.75, 3.05) is 25.0 Å². The lowest BCUT2D eigenvalue weighted by atomic mass is 9.90. The lowest BCUT2D eigenvalue weighted by molar-refractivity contribution is -0.898. The smallest absolute Gasteiger partial charge is 0.279 e. The molecule has 3 nitrogen and oxygen atoms in total. The Morgan fingerprint density at radius 2 is 1.71 bits per heavy atom. The van der Waals surface area contributed by atoms with Gasteiger partial charge in [-0.3, -0.25) is 4.79 Å². The monoisotopic (exact) mass is 343 g/mol. The molecular weight excluding hydrogens is 320 g/mol. The van der Waals surface area contributed by atoms with Gasteiger partial charge >= 0.3 is 0 Å². The summed E-state index contributed by atoms with van der Waals surface area (Å²) >= 11 is 6.09. The van der Waals surface area contributed by atoms with Crippen LogP contribution in [0.25, 0.3) is 0 Å². The second kappa shape index (κ2) is 8.32. The molecule has 24 heavy (non-hydrogen) atoms. The Morgan fingerprint density at radius 1 is 1.04 bits per heavy atom. The van der Waals surface area contributed by atoms with Crippen LogP contribution in [0.2, 0.25) is 5.02 Å². The Hall–Kier alpha value is -1.84. The number of hydrogen-bond acceptors (Lipinski definition) is 1. The van der Waals surface area contributed by atoms with Crippen molar-refractivity contribution in [3.63, 3.8) is 0 Å². The van der Waals surface area contributed by atoms with E-state index in [1.54, 1.807) is 6.07 Å². The first-order chi connectivity index (χ1) is 11.7. The van der Waals surface area contributed by atoms with Gasteiger partial charge in [-0.25, -0.2) is 0 Å². The van der Waals surface area contributed by atoms with Gasteiger partial charge in [-0.15, -0.1) is 0 Å². The summed E-state index contributed by atoms with van der Waals surface area (Å²) in [5, 5.41) is 3.50. The molecule has 0 radical (unpaired) electrons. The molecule has 0 aromatic heterocycles. The third kappa shape index (κ3) is 4.83. The number of carbonyl (C=O) groups excluding carboxylic acids is 1. The van der Waals surface area contributed by atoms with Crippen LogP contribution in [0.5, 0.6) is 0 Å². The van der Waals surface area contributed by atoms with Gasteiger partial charge in [0.1, 0.15) is 0 Å². The molecule has 2 aromatic carbocycles. The first-order valence-corrected chi connectivity index (χ1v) is 9.00. The minimum atomic E-state index is 0.0413. The SMILES string of the molecule is O=C(C[NH+]1CCC(Cc2ccccc2)CC1)Nc1ccccc1Cl. The first-order valence-electron chi connectivity index (χ1n) is 8.62. The van der Waals surface area contributed by atoms with Gasteiger partial charge in [0.25, 0.3) is 5.91 Å². The maximum absolute atomic E-state index is 12.2. The van der Waals surface area contributed by atoms with Gasteiger partial charge in [0.05, 0.1) is 23.8 Å². The third-order valence-corrected chi connectivity index (χ3v) is 5.07. The summed E-state index contributed by atoms with van der Waals surface area (Å²) < 4.78 is 0. The minimum Gasteiger partial charge on any atom is -0.327 e. The molecular formula is C20H24ClN2O+. The zero-order valence-corrected chi connectivity index (χ0v) is 14.6. The minimum absolute atomic E-state index is 0.0413.